The van der Waals surface area contributed by atoms with Gasteiger partial charge in [-0.2, -0.15) is 0 Å². The van der Waals surface area contributed by atoms with E-state index in [2.05, 4.69) is 5.32 Å². The second kappa shape index (κ2) is 7.30. The number of anilines is 1. The van der Waals surface area contributed by atoms with E-state index < -0.39 is 28.3 Å². The molecular formula is C16H19NO7S. The first-order valence-electron chi connectivity index (χ1n) is 7.97. The van der Waals surface area contributed by atoms with Crippen LogP contribution >= 0.6 is 0 Å². The third kappa shape index (κ3) is 4.85. The fourth-order valence-electron chi connectivity index (χ4n) is 2.79. The average molecular weight is 369 g/mol. The molecule has 2 aliphatic heterocycles. The van der Waals surface area contributed by atoms with Crippen molar-refractivity contribution in [2.24, 2.45) is 5.92 Å². The van der Waals surface area contributed by atoms with Crippen molar-refractivity contribution in [2.75, 3.05) is 36.6 Å². The summed E-state index contributed by atoms with van der Waals surface area (Å²) in [7, 11) is -3.03. The van der Waals surface area contributed by atoms with E-state index in [1.54, 1.807) is 18.2 Å². The molecule has 1 aromatic rings. The summed E-state index contributed by atoms with van der Waals surface area (Å²) in [4.78, 5) is 23.6. The number of nitrogens with one attached hydrogen (secondary N) is 1. The number of rotatable bonds is 5. The maximum atomic E-state index is 11.9. The summed E-state index contributed by atoms with van der Waals surface area (Å²) in [6, 6.07) is 4.99. The quantitative estimate of drug-likeness (QED) is 0.764. The molecule has 2 heterocycles. The van der Waals surface area contributed by atoms with Crippen LogP contribution in [0.2, 0.25) is 0 Å². The molecule has 1 saturated heterocycles. The zero-order chi connectivity index (χ0) is 17.9. The van der Waals surface area contributed by atoms with Gasteiger partial charge in [-0.05, 0) is 24.5 Å². The van der Waals surface area contributed by atoms with Crippen LogP contribution in [-0.2, 0) is 24.2 Å². The maximum Gasteiger partial charge on any atom is 0.306 e. The molecule has 1 N–H and O–H groups in total. The zero-order valence-electron chi connectivity index (χ0n) is 13.5. The van der Waals surface area contributed by atoms with E-state index >= 15 is 0 Å². The lowest BCUT2D eigenvalue weighted by molar-refractivity contribution is -0.148. The number of hydrogen-bond donors (Lipinski definition) is 1. The second-order valence-electron chi connectivity index (χ2n) is 6.04. The van der Waals surface area contributed by atoms with E-state index in [-0.39, 0.29) is 23.8 Å². The van der Waals surface area contributed by atoms with Crippen LogP contribution in [0.1, 0.15) is 12.8 Å². The molecule has 0 spiro atoms. The number of ether oxygens (including phenoxy) is 3. The lowest BCUT2D eigenvalue weighted by atomic mass is 10.1. The van der Waals surface area contributed by atoms with Crippen molar-refractivity contribution in [3.63, 3.8) is 0 Å². The first-order chi connectivity index (χ1) is 11.9. The molecule has 1 aromatic carbocycles. The summed E-state index contributed by atoms with van der Waals surface area (Å²) in [5.41, 5.74) is 0.507. The third-order valence-corrected chi connectivity index (χ3v) is 5.81. The standard InChI is InChI=1S/C16H19NO7S/c18-15(9-24-16(19)7-11-3-6-25(20,21)10-11)17-12-1-2-13-14(8-12)23-5-4-22-13/h1-2,8,11H,3-7,9-10H2,(H,17,18)/t11-/m0/s1. The van der Waals surface area contributed by atoms with E-state index in [1.807, 2.05) is 0 Å². The highest BCUT2D eigenvalue weighted by molar-refractivity contribution is 7.91. The largest absolute Gasteiger partial charge is 0.486 e. The highest BCUT2D eigenvalue weighted by Gasteiger charge is 2.30. The molecule has 0 radical (unpaired) electrons. The molecule has 1 fully saturated rings. The highest BCUT2D eigenvalue weighted by atomic mass is 32.2. The van der Waals surface area contributed by atoms with Crippen molar-refractivity contribution >= 4 is 27.4 Å². The van der Waals surface area contributed by atoms with Crippen LogP contribution < -0.4 is 14.8 Å². The molecule has 1 amide bonds. The van der Waals surface area contributed by atoms with Crippen LogP contribution in [-0.4, -0.2) is 51.6 Å². The number of hydrogen-bond acceptors (Lipinski definition) is 7. The SMILES string of the molecule is O=C(COC(=O)C[C@@H]1CCS(=O)(=O)C1)Nc1ccc2c(c1)OCCO2. The Morgan fingerprint density at radius 2 is 1.96 bits per heavy atom. The van der Waals surface area contributed by atoms with Gasteiger partial charge in [0.25, 0.3) is 5.91 Å². The van der Waals surface area contributed by atoms with Crippen LogP contribution in [0, 0.1) is 5.92 Å². The Labute approximate surface area is 145 Å². The van der Waals surface area contributed by atoms with E-state index in [4.69, 9.17) is 14.2 Å². The van der Waals surface area contributed by atoms with Crippen molar-refractivity contribution in [3.05, 3.63) is 18.2 Å². The number of esters is 1. The molecule has 9 heteroatoms. The minimum Gasteiger partial charge on any atom is -0.486 e. The predicted octanol–water partition coefficient (Wildman–Crippen LogP) is 0.764. The summed E-state index contributed by atoms with van der Waals surface area (Å²) < 4.78 is 38.4. The van der Waals surface area contributed by atoms with Crippen molar-refractivity contribution in [3.8, 4) is 11.5 Å². The molecule has 1 atom stereocenters. The first kappa shape index (κ1) is 17.5. The molecule has 3 rings (SSSR count). The van der Waals surface area contributed by atoms with Crippen LogP contribution in [0.25, 0.3) is 0 Å². The number of carbonyl (C=O) groups excluding carboxylic acids is 2. The molecule has 8 nitrogen and oxygen atoms in total. The fraction of sp³-hybridized carbons (Fsp3) is 0.500. The van der Waals surface area contributed by atoms with E-state index in [9.17, 15) is 18.0 Å². The van der Waals surface area contributed by atoms with Crippen LogP contribution in [0.15, 0.2) is 18.2 Å². The van der Waals surface area contributed by atoms with Gasteiger partial charge in [-0.1, -0.05) is 0 Å². The van der Waals surface area contributed by atoms with Gasteiger partial charge in [-0.25, -0.2) is 8.42 Å². The summed E-state index contributed by atoms with van der Waals surface area (Å²) in [6.07, 6.45) is 0.470. The van der Waals surface area contributed by atoms with Gasteiger partial charge in [0.1, 0.15) is 13.2 Å². The Bertz CT molecular complexity index is 775. The number of carbonyl (C=O) groups is 2. The van der Waals surface area contributed by atoms with Gasteiger partial charge in [0, 0.05) is 18.2 Å². The Morgan fingerprint density at radius 3 is 2.68 bits per heavy atom. The van der Waals surface area contributed by atoms with E-state index in [0.29, 0.717) is 36.8 Å². The highest BCUT2D eigenvalue weighted by Crippen LogP contribution is 2.32. The van der Waals surface area contributed by atoms with Gasteiger partial charge in [0.15, 0.2) is 27.9 Å². The van der Waals surface area contributed by atoms with Crippen molar-refractivity contribution in [2.45, 2.75) is 12.8 Å². The van der Waals surface area contributed by atoms with E-state index in [0.717, 1.165) is 0 Å². The van der Waals surface area contributed by atoms with Crippen molar-refractivity contribution < 1.29 is 32.2 Å². The van der Waals surface area contributed by atoms with E-state index in [1.165, 1.54) is 0 Å². The minimum atomic E-state index is -3.03. The number of benzene rings is 1. The van der Waals surface area contributed by atoms with Gasteiger partial charge in [-0.3, -0.25) is 9.59 Å². The van der Waals surface area contributed by atoms with Gasteiger partial charge < -0.3 is 19.5 Å². The maximum absolute atomic E-state index is 11.9. The summed E-state index contributed by atoms with van der Waals surface area (Å²) >= 11 is 0. The molecular weight excluding hydrogens is 350 g/mol. The molecule has 25 heavy (non-hydrogen) atoms. The lowest BCUT2D eigenvalue weighted by Gasteiger charge is -2.19. The van der Waals surface area contributed by atoms with Gasteiger partial charge in [-0.15, -0.1) is 0 Å². The Balaban J connectivity index is 1.44. The topological polar surface area (TPSA) is 108 Å². The van der Waals surface area contributed by atoms with Crippen molar-refractivity contribution in [1.82, 2.24) is 0 Å². The monoisotopic (exact) mass is 369 g/mol. The summed E-state index contributed by atoms with van der Waals surface area (Å²) in [5.74, 6) is -0.00588. The molecule has 0 bridgehead atoms. The van der Waals surface area contributed by atoms with Crippen LogP contribution in [0.5, 0.6) is 11.5 Å². The molecule has 0 aliphatic carbocycles. The van der Waals surface area contributed by atoms with Crippen molar-refractivity contribution in [1.29, 1.82) is 0 Å². The average Bonchev–Trinajstić information content (AvgIpc) is 2.91. The first-order valence-corrected chi connectivity index (χ1v) is 9.79. The van der Waals surface area contributed by atoms with Crippen LogP contribution in [0.4, 0.5) is 5.69 Å². The third-order valence-electron chi connectivity index (χ3n) is 3.97. The number of fused-ring (bicyclic) bond motifs is 1. The molecule has 136 valence electrons. The van der Waals surface area contributed by atoms with Gasteiger partial charge in [0.05, 0.1) is 11.5 Å². The number of sulfone groups is 1. The fourth-order valence-corrected chi connectivity index (χ4v) is 4.65. The second-order valence-corrected chi connectivity index (χ2v) is 8.27. The van der Waals surface area contributed by atoms with Gasteiger partial charge >= 0.3 is 5.97 Å². The lowest BCUT2D eigenvalue weighted by Crippen LogP contribution is -2.22. The Hall–Kier alpha value is -2.29. The minimum absolute atomic E-state index is 0.00545. The van der Waals surface area contributed by atoms with Gasteiger partial charge in [0.2, 0.25) is 0 Å². The predicted molar refractivity (Wildman–Crippen MR) is 88.4 cm³/mol. The smallest absolute Gasteiger partial charge is 0.306 e. The normalized spacial score (nSPS) is 20.7. The summed E-state index contributed by atoms with van der Waals surface area (Å²) in [5, 5.41) is 2.61. The molecule has 0 aromatic heterocycles. The Kier molecular flexibility index (Phi) is 5.12. The molecule has 2 aliphatic rings. The number of amides is 1. The molecule has 0 unspecified atom stereocenters. The molecule has 0 saturated carbocycles. The summed E-state index contributed by atoms with van der Waals surface area (Å²) in [6.45, 7) is 0.503. The zero-order valence-corrected chi connectivity index (χ0v) is 14.3. The van der Waals surface area contributed by atoms with Crippen LogP contribution in [0.3, 0.4) is 0 Å². The Morgan fingerprint density at radius 1 is 1.20 bits per heavy atom.